The number of Topliss-reactive ketones (excluding diaryl/α,β-unsaturated/α-hetero) is 1. The molecule has 0 unspecified atom stereocenters. The second kappa shape index (κ2) is 8.70. The molecule has 0 saturated heterocycles. The zero-order chi connectivity index (χ0) is 22.7. The number of carbonyl (C=O) groups is 1. The molecule has 32 heavy (non-hydrogen) atoms. The predicted molar refractivity (Wildman–Crippen MR) is 123 cm³/mol. The lowest BCUT2D eigenvalue weighted by Gasteiger charge is -2.08. The van der Waals surface area contributed by atoms with Crippen LogP contribution in [0.25, 0.3) is 17.0 Å². The number of ketones is 1. The maximum absolute atomic E-state index is 13.0. The number of aromatic nitrogens is 1. The van der Waals surface area contributed by atoms with Gasteiger partial charge in [-0.15, -0.1) is 0 Å². The summed E-state index contributed by atoms with van der Waals surface area (Å²) in [6.45, 7) is 2.61. The van der Waals surface area contributed by atoms with Gasteiger partial charge >= 0.3 is 0 Å². The SMILES string of the molecule is Cc1c(/C=C(\C#N)C(=O)c2cccc([N+](=O)[O-])c2)c2ccccc2n1Cc1ccccc1. The normalized spacial score (nSPS) is 11.3. The second-order valence-corrected chi connectivity index (χ2v) is 7.39. The van der Waals surface area contributed by atoms with Gasteiger partial charge in [-0.3, -0.25) is 14.9 Å². The Labute approximate surface area is 184 Å². The summed E-state index contributed by atoms with van der Waals surface area (Å²) in [5.74, 6) is -0.546. The molecule has 3 aromatic carbocycles. The van der Waals surface area contributed by atoms with Crippen molar-refractivity contribution in [2.45, 2.75) is 13.5 Å². The van der Waals surface area contributed by atoms with Crippen LogP contribution in [0.2, 0.25) is 0 Å². The average Bonchev–Trinajstić information content (AvgIpc) is 3.08. The lowest BCUT2D eigenvalue weighted by atomic mass is 10.0. The number of fused-ring (bicyclic) bond motifs is 1. The molecule has 0 amide bonds. The van der Waals surface area contributed by atoms with Crippen molar-refractivity contribution in [3.05, 3.63) is 117 Å². The van der Waals surface area contributed by atoms with Gasteiger partial charge in [0.15, 0.2) is 0 Å². The second-order valence-electron chi connectivity index (χ2n) is 7.39. The van der Waals surface area contributed by atoms with Gasteiger partial charge in [-0.05, 0) is 24.6 Å². The summed E-state index contributed by atoms with van der Waals surface area (Å²) in [5.41, 5.74) is 3.69. The van der Waals surface area contributed by atoms with Crippen molar-refractivity contribution in [1.29, 1.82) is 5.26 Å². The molecule has 4 rings (SSSR count). The number of nitro groups is 1. The third-order valence-electron chi connectivity index (χ3n) is 5.44. The van der Waals surface area contributed by atoms with E-state index in [1.165, 1.54) is 24.3 Å². The Morgan fingerprint density at radius 1 is 1.06 bits per heavy atom. The highest BCUT2D eigenvalue weighted by Gasteiger charge is 2.18. The number of carbonyl (C=O) groups excluding carboxylic acids is 1. The van der Waals surface area contributed by atoms with Crippen LogP contribution in [-0.2, 0) is 6.54 Å². The van der Waals surface area contributed by atoms with E-state index < -0.39 is 10.7 Å². The van der Waals surface area contributed by atoms with Gasteiger partial charge < -0.3 is 4.57 Å². The molecule has 1 heterocycles. The van der Waals surface area contributed by atoms with Crippen molar-refractivity contribution in [3.8, 4) is 6.07 Å². The van der Waals surface area contributed by atoms with E-state index >= 15 is 0 Å². The summed E-state index contributed by atoms with van der Waals surface area (Å²) >= 11 is 0. The fourth-order valence-electron chi connectivity index (χ4n) is 3.82. The maximum atomic E-state index is 13.0. The smallest absolute Gasteiger partial charge is 0.270 e. The van der Waals surface area contributed by atoms with E-state index in [4.69, 9.17) is 0 Å². The number of allylic oxidation sites excluding steroid dienone is 1. The van der Waals surface area contributed by atoms with Gasteiger partial charge in [0.2, 0.25) is 5.78 Å². The molecule has 156 valence electrons. The molecule has 0 radical (unpaired) electrons. The van der Waals surface area contributed by atoms with Crippen LogP contribution in [0.4, 0.5) is 5.69 Å². The molecule has 0 bridgehead atoms. The highest BCUT2D eigenvalue weighted by atomic mass is 16.6. The van der Waals surface area contributed by atoms with Gasteiger partial charge in [0.25, 0.3) is 5.69 Å². The lowest BCUT2D eigenvalue weighted by Crippen LogP contribution is -2.04. The Morgan fingerprint density at radius 3 is 2.50 bits per heavy atom. The van der Waals surface area contributed by atoms with E-state index in [0.717, 1.165) is 27.7 Å². The molecular formula is C26H19N3O3. The van der Waals surface area contributed by atoms with Crippen LogP contribution in [0, 0.1) is 28.4 Å². The van der Waals surface area contributed by atoms with Crippen molar-refractivity contribution < 1.29 is 9.72 Å². The molecule has 0 saturated carbocycles. The molecule has 0 N–H and O–H groups in total. The Morgan fingerprint density at radius 2 is 1.78 bits per heavy atom. The van der Waals surface area contributed by atoms with Crippen LogP contribution in [0.15, 0.2) is 84.4 Å². The van der Waals surface area contributed by atoms with E-state index in [1.807, 2.05) is 55.5 Å². The Bertz CT molecular complexity index is 1410. The minimum Gasteiger partial charge on any atom is -0.340 e. The monoisotopic (exact) mass is 421 g/mol. The highest BCUT2D eigenvalue weighted by Crippen LogP contribution is 2.29. The van der Waals surface area contributed by atoms with Gasteiger partial charge in [0.05, 0.1) is 4.92 Å². The molecule has 0 aliphatic carbocycles. The van der Waals surface area contributed by atoms with Crippen molar-refractivity contribution in [1.82, 2.24) is 4.57 Å². The van der Waals surface area contributed by atoms with Gasteiger partial charge in [0, 0.05) is 46.4 Å². The summed E-state index contributed by atoms with van der Waals surface area (Å²) in [5, 5.41) is 21.7. The molecule has 0 atom stereocenters. The number of nitriles is 1. The molecule has 1 aromatic heterocycles. The van der Waals surface area contributed by atoms with E-state index in [0.29, 0.717) is 6.54 Å². The van der Waals surface area contributed by atoms with Crippen molar-refractivity contribution in [3.63, 3.8) is 0 Å². The van der Waals surface area contributed by atoms with E-state index in [1.54, 1.807) is 6.08 Å². The number of nitro benzene ring substituents is 1. The molecule has 6 nitrogen and oxygen atoms in total. The Hall–Kier alpha value is -4.50. The summed E-state index contributed by atoms with van der Waals surface area (Å²) < 4.78 is 2.16. The van der Waals surface area contributed by atoms with Crippen LogP contribution in [0.5, 0.6) is 0 Å². The number of hydrogen-bond acceptors (Lipinski definition) is 4. The van der Waals surface area contributed by atoms with E-state index in [9.17, 15) is 20.2 Å². The first-order chi connectivity index (χ1) is 15.5. The molecule has 0 aliphatic rings. The van der Waals surface area contributed by atoms with Crippen LogP contribution < -0.4 is 0 Å². The molecule has 0 aliphatic heterocycles. The van der Waals surface area contributed by atoms with E-state index in [-0.39, 0.29) is 16.8 Å². The Kier molecular flexibility index (Phi) is 5.65. The van der Waals surface area contributed by atoms with Crippen LogP contribution in [-0.4, -0.2) is 15.3 Å². The molecular weight excluding hydrogens is 402 g/mol. The zero-order valence-corrected chi connectivity index (χ0v) is 17.4. The number of benzene rings is 3. The van der Waals surface area contributed by atoms with Crippen molar-refractivity contribution in [2.75, 3.05) is 0 Å². The quantitative estimate of drug-likeness (QED) is 0.131. The molecule has 0 fully saturated rings. The predicted octanol–water partition coefficient (Wildman–Crippen LogP) is 5.70. The van der Waals surface area contributed by atoms with Crippen molar-refractivity contribution in [2.24, 2.45) is 0 Å². The summed E-state index contributed by atoms with van der Waals surface area (Å²) in [6, 6.07) is 25.3. The number of rotatable bonds is 6. The number of para-hydroxylation sites is 1. The summed E-state index contributed by atoms with van der Waals surface area (Å²) in [6.07, 6.45) is 1.58. The Balaban J connectivity index is 1.81. The first-order valence-electron chi connectivity index (χ1n) is 10.0. The van der Waals surface area contributed by atoms with Gasteiger partial charge in [-0.1, -0.05) is 60.7 Å². The minimum atomic E-state index is -0.562. The van der Waals surface area contributed by atoms with Gasteiger partial charge in [-0.25, -0.2) is 0 Å². The standard InChI is InChI=1S/C26H19N3O3/c1-18-24(15-21(16-27)26(30)20-10-7-11-22(14-20)29(31)32)23-12-5-6-13-25(23)28(18)17-19-8-3-2-4-9-19/h2-15H,17H2,1H3/b21-15+. The third-order valence-corrected chi connectivity index (χ3v) is 5.44. The number of hydrogen-bond donors (Lipinski definition) is 0. The first kappa shape index (κ1) is 20.8. The summed E-state index contributed by atoms with van der Waals surface area (Å²) in [4.78, 5) is 23.5. The first-order valence-corrected chi connectivity index (χ1v) is 10.0. The van der Waals surface area contributed by atoms with Crippen molar-refractivity contribution >= 4 is 28.4 Å². The van der Waals surface area contributed by atoms with Gasteiger partial charge in [0.1, 0.15) is 11.6 Å². The topological polar surface area (TPSA) is 88.9 Å². The average molecular weight is 421 g/mol. The molecule has 4 aromatic rings. The number of nitrogens with zero attached hydrogens (tertiary/aromatic N) is 3. The molecule has 0 spiro atoms. The minimum absolute atomic E-state index is 0.0730. The fourth-order valence-corrected chi connectivity index (χ4v) is 3.82. The van der Waals surface area contributed by atoms with Crippen LogP contribution in [0.3, 0.4) is 0 Å². The van der Waals surface area contributed by atoms with E-state index in [2.05, 4.69) is 16.7 Å². The largest absolute Gasteiger partial charge is 0.340 e. The maximum Gasteiger partial charge on any atom is 0.270 e. The number of non-ortho nitro benzene ring substituents is 1. The zero-order valence-electron chi connectivity index (χ0n) is 17.4. The molecule has 6 heteroatoms. The summed E-state index contributed by atoms with van der Waals surface area (Å²) in [7, 11) is 0. The lowest BCUT2D eigenvalue weighted by molar-refractivity contribution is -0.384. The van der Waals surface area contributed by atoms with Crippen LogP contribution >= 0.6 is 0 Å². The fraction of sp³-hybridized carbons (Fsp3) is 0.0769. The van der Waals surface area contributed by atoms with Gasteiger partial charge in [-0.2, -0.15) is 5.26 Å². The third kappa shape index (κ3) is 3.92. The highest BCUT2D eigenvalue weighted by molar-refractivity contribution is 6.15. The van der Waals surface area contributed by atoms with Crippen LogP contribution in [0.1, 0.15) is 27.2 Å².